The molecule has 4 nitrogen and oxygen atoms in total. The molecule has 138 valence electrons. The van der Waals surface area contributed by atoms with Crippen molar-refractivity contribution in [1.82, 2.24) is 0 Å². The van der Waals surface area contributed by atoms with Crippen LogP contribution in [0, 0.1) is 13.8 Å². The molecule has 1 N–H and O–H groups in total. The van der Waals surface area contributed by atoms with Crippen molar-refractivity contribution < 1.29 is 9.21 Å². The van der Waals surface area contributed by atoms with Gasteiger partial charge in [0.2, 0.25) is 5.55 Å². The van der Waals surface area contributed by atoms with E-state index < -0.39 is 0 Å². The van der Waals surface area contributed by atoms with Crippen molar-refractivity contribution in [2.24, 2.45) is 4.99 Å². The van der Waals surface area contributed by atoms with Gasteiger partial charge in [-0.15, -0.1) is 0 Å². The van der Waals surface area contributed by atoms with Gasteiger partial charge in [-0.25, -0.2) is 4.99 Å². The number of fused-ring (bicyclic) bond motifs is 1. The number of anilines is 1. The molecule has 0 unspecified atom stereocenters. The Morgan fingerprint density at radius 1 is 0.893 bits per heavy atom. The average Bonchev–Trinajstić information content (AvgIpc) is 2.70. The minimum absolute atomic E-state index is 0.260. The van der Waals surface area contributed by atoms with Gasteiger partial charge in [-0.1, -0.05) is 54.1 Å². The predicted octanol–water partition coefficient (Wildman–Crippen LogP) is 5.53. The summed E-state index contributed by atoms with van der Waals surface area (Å²) in [6, 6.07) is 24.8. The number of aryl methyl sites for hydroxylation is 2. The quantitative estimate of drug-likeness (QED) is 0.516. The number of hydrogen-bond acceptors (Lipinski definition) is 3. The summed E-state index contributed by atoms with van der Waals surface area (Å²) in [6.45, 7) is 4.03. The lowest BCUT2D eigenvalue weighted by molar-refractivity contribution is 0.102. The topological polar surface area (TPSA) is 54.6 Å². The van der Waals surface area contributed by atoms with E-state index in [-0.39, 0.29) is 5.91 Å². The number of hydrogen-bond donors (Lipinski definition) is 1. The number of nitrogens with one attached hydrogen (secondary N) is 1. The minimum Gasteiger partial charge on any atom is -0.438 e. The van der Waals surface area contributed by atoms with Crippen LogP contribution in [0.15, 0.2) is 88.3 Å². The van der Waals surface area contributed by atoms with Crippen LogP contribution in [0.1, 0.15) is 21.5 Å². The van der Waals surface area contributed by atoms with Crippen LogP contribution < -0.4 is 10.9 Å². The van der Waals surface area contributed by atoms with Crippen molar-refractivity contribution in [3.05, 3.63) is 101 Å². The first-order valence-electron chi connectivity index (χ1n) is 9.11. The summed E-state index contributed by atoms with van der Waals surface area (Å²) >= 11 is 0. The van der Waals surface area contributed by atoms with Crippen LogP contribution in [-0.4, -0.2) is 5.91 Å². The van der Waals surface area contributed by atoms with Crippen molar-refractivity contribution in [2.75, 3.05) is 5.32 Å². The van der Waals surface area contributed by atoms with Gasteiger partial charge in [-0.3, -0.25) is 4.79 Å². The van der Waals surface area contributed by atoms with Gasteiger partial charge in [0.15, 0.2) is 0 Å². The Hall–Kier alpha value is -3.66. The summed E-state index contributed by atoms with van der Waals surface area (Å²) in [5, 5.41) is 3.76. The second kappa shape index (κ2) is 7.53. The van der Waals surface area contributed by atoms with Crippen LogP contribution in [0.3, 0.4) is 0 Å². The molecule has 0 aliphatic heterocycles. The Bertz CT molecular complexity index is 1220. The van der Waals surface area contributed by atoms with E-state index >= 15 is 0 Å². The first kappa shape index (κ1) is 17.7. The third-order valence-corrected chi connectivity index (χ3v) is 4.51. The summed E-state index contributed by atoms with van der Waals surface area (Å²) in [5.74, 6) is -0.260. The fraction of sp³-hybridized carbons (Fsp3) is 0.0833. The molecule has 0 aliphatic rings. The molecule has 3 aromatic carbocycles. The average molecular weight is 368 g/mol. The van der Waals surface area contributed by atoms with E-state index in [1.54, 1.807) is 0 Å². The van der Waals surface area contributed by atoms with Gasteiger partial charge in [0.05, 0.1) is 5.69 Å². The largest absolute Gasteiger partial charge is 0.438 e. The minimum atomic E-state index is -0.260. The summed E-state index contributed by atoms with van der Waals surface area (Å²) in [7, 11) is 0. The molecule has 1 aromatic heterocycles. The van der Waals surface area contributed by atoms with Crippen LogP contribution in [0.2, 0.25) is 0 Å². The third kappa shape index (κ3) is 3.71. The van der Waals surface area contributed by atoms with Crippen LogP contribution in [0.25, 0.3) is 11.0 Å². The summed E-state index contributed by atoms with van der Waals surface area (Å²) in [4.78, 5) is 17.6. The zero-order valence-corrected chi connectivity index (χ0v) is 15.8. The van der Waals surface area contributed by atoms with E-state index in [0.717, 1.165) is 27.9 Å². The maximum absolute atomic E-state index is 13.0. The Morgan fingerprint density at radius 2 is 1.64 bits per heavy atom. The first-order chi connectivity index (χ1) is 13.6. The predicted molar refractivity (Wildman–Crippen MR) is 112 cm³/mol. The lowest BCUT2D eigenvalue weighted by Crippen LogP contribution is -2.21. The number of benzene rings is 3. The highest BCUT2D eigenvalue weighted by atomic mass is 16.3. The Balaban J connectivity index is 1.87. The van der Waals surface area contributed by atoms with Crippen LogP contribution in [0.4, 0.5) is 11.4 Å². The molecule has 0 spiro atoms. The highest BCUT2D eigenvalue weighted by Crippen LogP contribution is 2.20. The number of para-hydroxylation sites is 2. The molecule has 0 saturated carbocycles. The van der Waals surface area contributed by atoms with Gasteiger partial charge in [-0.05, 0) is 49.7 Å². The van der Waals surface area contributed by atoms with Gasteiger partial charge in [0.1, 0.15) is 11.1 Å². The van der Waals surface area contributed by atoms with Crippen LogP contribution in [0.5, 0.6) is 0 Å². The Kier molecular flexibility index (Phi) is 4.77. The molecular weight excluding hydrogens is 348 g/mol. The number of carbonyl (C=O) groups excluding carboxylic acids is 1. The molecule has 4 heteroatoms. The number of carbonyl (C=O) groups is 1. The van der Waals surface area contributed by atoms with Crippen molar-refractivity contribution in [2.45, 2.75) is 13.8 Å². The SMILES string of the molecule is Cc1ccc(N=c2oc3ccccc3cc2C(=O)Nc2ccccc2)c(C)c1. The molecule has 0 bridgehead atoms. The molecule has 28 heavy (non-hydrogen) atoms. The van der Waals surface area contributed by atoms with E-state index in [2.05, 4.69) is 16.4 Å². The number of nitrogens with zero attached hydrogens (tertiary/aromatic N) is 1. The molecular formula is C24H20N2O2. The van der Waals surface area contributed by atoms with E-state index in [1.807, 2.05) is 86.6 Å². The Morgan fingerprint density at radius 3 is 2.43 bits per heavy atom. The van der Waals surface area contributed by atoms with Gasteiger partial charge in [0, 0.05) is 11.1 Å². The molecule has 4 aromatic rings. The lowest BCUT2D eigenvalue weighted by atomic mass is 10.1. The highest BCUT2D eigenvalue weighted by Gasteiger charge is 2.13. The molecule has 0 atom stereocenters. The zero-order chi connectivity index (χ0) is 19.5. The summed E-state index contributed by atoms with van der Waals surface area (Å²) in [6.07, 6.45) is 0. The van der Waals surface area contributed by atoms with Crippen molar-refractivity contribution in [3.63, 3.8) is 0 Å². The summed E-state index contributed by atoms with van der Waals surface area (Å²) in [5.41, 5.74) is 5.05. The van der Waals surface area contributed by atoms with Gasteiger partial charge in [0.25, 0.3) is 5.91 Å². The van der Waals surface area contributed by atoms with Crippen LogP contribution in [-0.2, 0) is 0 Å². The number of amides is 1. The van der Waals surface area contributed by atoms with E-state index in [1.165, 1.54) is 0 Å². The van der Waals surface area contributed by atoms with Gasteiger partial charge >= 0.3 is 0 Å². The third-order valence-electron chi connectivity index (χ3n) is 4.51. The molecule has 0 fully saturated rings. The molecule has 1 heterocycles. The maximum Gasteiger partial charge on any atom is 0.261 e. The van der Waals surface area contributed by atoms with E-state index in [0.29, 0.717) is 16.7 Å². The lowest BCUT2D eigenvalue weighted by Gasteiger charge is -2.07. The van der Waals surface area contributed by atoms with Crippen LogP contribution >= 0.6 is 0 Å². The smallest absolute Gasteiger partial charge is 0.261 e. The molecule has 0 aliphatic carbocycles. The molecule has 1 amide bonds. The maximum atomic E-state index is 13.0. The van der Waals surface area contributed by atoms with E-state index in [9.17, 15) is 4.79 Å². The highest BCUT2D eigenvalue weighted by molar-refractivity contribution is 6.05. The van der Waals surface area contributed by atoms with Gasteiger partial charge < -0.3 is 9.73 Å². The number of rotatable bonds is 3. The second-order valence-corrected chi connectivity index (χ2v) is 6.72. The molecule has 0 saturated heterocycles. The summed E-state index contributed by atoms with van der Waals surface area (Å²) < 4.78 is 6.01. The normalized spacial score (nSPS) is 11.6. The van der Waals surface area contributed by atoms with Gasteiger partial charge in [-0.2, -0.15) is 0 Å². The second-order valence-electron chi connectivity index (χ2n) is 6.72. The fourth-order valence-corrected chi connectivity index (χ4v) is 3.07. The standard InChI is InChI=1S/C24H20N2O2/c1-16-12-13-21(17(2)14-16)26-24-20(15-18-8-6-7-11-22(18)28-24)23(27)25-19-9-4-3-5-10-19/h3-15H,1-2H3,(H,25,27). The van der Waals surface area contributed by atoms with Crippen molar-refractivity contribution in [3.8, 4) is 0 Å². The molecule has 0 radical (unpaired) electrons. The van der Waals surface area contributed by atoms with Crippen molar-refractivity contribution >= 4 is 28.3 Å². The fourth-order valence-electron chi connectivity index (χ4n) is 3.07. The van der Waals surface area contributed by atoms with Crippen molar-refractivity contribution in [1.29, 1.82) is 0 Å². The van der Waals surface area contributed by atoms with E-state index in [4.69, 9.17) is 4.42 Å². The molecule has 4 rings (SSSR count). The Labute approximate surface area is 163 Å². The first-order valence-corrected chi connectivity index (χ1v) is 9.11. The monoisotopic (exact) mass is 368 g/mol. The zero-order valence-electron chi connectivity index (χ0n) is 15.8.